The van der Waals surface area contributed by atoms with E-state index in [-0.39, 0.29) is 65.9 Å². The van der Waals surface area contributed by atoms with Crippen LogP contribution >= 0.6 is 0 Å². The van der Waals surface area contributed by atoms with Gasteiger partial charge in [0.25, 0.3) is 0 Å². The summed E-state index contributed by atoms with van der Waals surface area (Å²) in [6.45, 7) is 5.40. The molecule has 0 radical (unpaired) electrons. The summed E-state index contributed by atoms with van der Waals surface area (Å²) in [4.78, 5) is 29.4. The third-order valence-corrected chi connectivity index (χ3v) is 13.0. The van der Waals surface area contributed by atoms with E-state index < -0.39 is 28.6 Å². The van der Waals surface area contributed by atoms with Crippen LogP contribution in [-0.2, 0) is 33.2 Å². The fraction of sp³-hybridized carbons (Fsp3) is 0.765. The lowest BCUT2D eigenvalue weighted by Crippen LogP contribution is -2.79. The van der Waals surface area contributed by atoms with E-state index in [0.29, 0.717) is 31.6 Å². The molecule has 5 saturated carbocycles. The third kappa shape index (κ3) is 3.64. The number of rotatable bonds is 9. The highest BCUT2D eigenvalue weighted by Crippen LogP contribution is 2.80. The second-order valence-corrected chi connectivity index (χ2v) is 14.1. The number of piperidine rings is 1. The minimum atomic E-state index is -1.01. The van der Waals surface area contributed by atoms with Gasteiger partial charge in [0, 0.05) is 95.3 Å². The number of likely N-dealkylation sites (tertiary alicyclic amines) is 1. The van der Waals surface area contributed by atoms with Gasteiger partial charge in [0.05, 0.1) is 36.6 Å². The first kappa shape index (κ1) is 30.6. The molecule has 10 heteroatoms. The van der Waals surface area contributed by atoms with Gasteiger partial charge in [0.15, 0.2) is 0 Å². The summed E-state index contributed by atoms with van der Waals surface area (Å²) < 4.78 is 38.3. The quantitative estimate of drug-likeness (QED) is 0.417. The summed E-state index contributed by atoms with van der Waals surface area (Å²) in [6.07, 6.45) is -0.424. The molecule has 6 fully saturated rings. The maximum atomic E-state index is 13.7. The van der Waals surface area contributed by atoms with Gasteiger partial charge in [0.2, 0.25) is 0 Å². The first-order valence-corrected chi connectivity index (χ1v) is 16.1. The van der Waals surface area contributed by atoms with E-state index in [0.717, 1.165) is 13.0 Å². The van der Waals surface area contributed by atoms with E-state index >= 15 is 0 Å². The molecule has 1 spiro atoms. The molecule has 14 atom stereocenters. The van der Waals surface area contributed by atoms with Crippen molar-refractivity contribution in [2.24, 2.45) is 40.4 Å². The maximum absolute atomic E-state index is 13.7. The van der Waals surface area contributed by atoms with Crippen LogP contribution in [0.3, 0.4) is 0 Å². The molecular formula is C34H47NO9. The van der Waals surface area contributed by atoms with Gasteiger partial charge in [-0.2, -0.15) is 0 Å². The maximum Gasteiger partial charge on any atom is 0.338 e. The number of esters is 2. The average molecular weight is 614 g/mol. The minimum Gasteiger partial charge on any atom is -0.458 e. The normalized spacial score (nSPS) is 48.2. The van der Waals surface area contributed by atoms with Gasteiger partial charge in [-0.05, 0) is 31.0 Å². The summed E-state index contributed by atoms with van der Waals surface area (Å²) in [5.74, 6) is -1.57. The van der Waals surface area contributed by atoms with Gasteiger partial charge in [-0.15, -0.1) is 0 Å². The molecule has 1 N–H and O–H groups in total. The summed E-state index contributed by atoms with van der Waals surface area (Å²) >= 11 is 0. The average Bonchev–Trinajstić information content (AvgIpc) is 3.44. The highest BCUT2D eigenvalue weighted by Gasteiger charge is 2.89. The molecule has 1 aliphatic heterocycles. The molecule has 1 saturated heterocycles. The van der Waals surface area contributed by atoms with Crippen molar-refractivity contribution < 1.29 is 43.1 Å². The lowest BCUT2D eigenvalue weighted by atomic mass is 9.42. The van der Waals surface area contributed by atoms with E-state index in [2.05, 4.69) is 11.8 Å². The molecular weight excluding hydrogens is 566 g/mol. The molecule has 1 unspecified atom stereocenters. The molecule has 242 valence electrons. The molecule has 0 amide bonds. The molecule has 6 aliphatic rings. The Labute approximate surface area is 259 Å². The van der Waals surface area contributed by atoms with Crippen molar-refractivity contribution in [3.63, 3.8) is 0 Å². The lowest BCUT2D eigenvalue weighted by Gasteiger charge is -2.70. The Hall–Kier alpha value is -2.08. The summed E-state index contributed by atoms with van der Waals surface area (Å²) in [6, 6.07) is 9.02. The SMILES string of the molecule is CCN1C[C@]2(COC)[C@H](O)C[C@H](OC)[C@@]34[C@@H]5C[C@H]6[C@H](OC(=O)c7ccccc7)[C@@H]5[C@](OC(C)=O)(C[C@@H]6OC)C([C@H](OC)[C@H]23)[C@@H]14. The third-order valence-electron chi connectivity index (χ3n) is 13.0. The van der Waals surface area contributed by atoms with Crippen molar-refractivity contribution in [3.8, 4) is 0 Å². The van der Waals surface area contributed by atoms with E-state index in [9.17, 15) is 14.7 Å². The van der Waals surface area contributed by atoms with E-state index in [1.54, 1.807) is 40.6 Å². The smallest absolute Gasteiger partial charge is 0.338 e. The molecule has 1 aromatic carbocycles. The van der Waals surface area contributed by atoms with Crippen molar-refractivity contribution >= 4 is 11.9 Å². The van der Waals surface area contributed by atoms with E-state index in [1.807, 2.05) is 18.2 Å². The van der Waals surface area contributed by atoms with Crippen LogP contribution in [0.25, 0.3) is 0 Å². The van der Waals surface area contributed by atoms with Crippen LogP contribution in [0.4, 0.5) is 0 Å². The number of ether oxygens (including phenoxy) is 6. The van der Waals surface area contributed by atoms with Gasteiger partial charge in [-0.25, -0.2) is 4.79 Å². The number of hydrogen-bond donors (Lipinski definition) is 1. The summed E-state index contributed by atoms with van der Waals surface area (Å²) in [5.41, 5.74) is -1.61. The Morgan fingerprint density at radius 1 is 1.00 bits per heavy atom. The van der Waals surface area contributed by atoms with E-state index in [4.69, 9.17) is 28.4 Å². The lowest BCUT2D eigenvalue weighted by molar-refractivity contribution is -0.297. The standard InChI is InChI=1S/C34H47NO9/c1-7-35-16-32(17-39-3)23(37)14-24(41-5)34-21-13-20-22(40-4)15-33(44-18(2)36,26(30(34)35)28(42-6)29(32)34)25(21)27(20)43-31(38)19-11-9-8-10-12-19/h8-12,20-30,37H,7,13-17H2,1-6H3/t20-,21-,22+,23-,24+,25-,26?,27+,28+,29-,30-,32+,33-,34+/m1/s1. The fourth-order valence-electron chi connectivity index (χ4n) is 12.2. The van der Waals surface area contributed by atoms with Crippen LogP contribution in [0.2, 0.25) is 0 Å². The monoisotopic (exact) mass is 613 g/mol. The Morgan fingerprint density at radius 3 is 2.36 bits per heavy atom. The highest BCUT2D eigenvalue weighted by molar-refractivity contribution is 5.89. The Kier molecular flexibility index (Phi) is 7.46. The van der Waals surface area contributed by atoms with Crippen LogP contribution in [0, 0.1) is 40.4 Å². The number of hydrogen-bond acceptors (Lipinski definition) is 10. The molecule has 7 rings (SSSR count). The van der Waals surface area contributed by atoms with Crippen LogP contribution in [-0.4, -0.2) is 112 Å². The van der Waals surface area contributed by atoms with Crippen LogP contribution in [0.5, 0.6) is 0 Å². The molecule has 7 bridgehead atoms. The number of nitrogens with zero attached hydrogens (tertiary/aromatic N) is 1. The summed E-state index contributed by atoms with van der Waals surface area (Å²) in [7, 11) is 6.88. The van der Waals surface area contributed by atoms with Gasteiger partial charge >= 0.3 is 11.9 Å². The first-order valence-electron chi connectivity index (χ1n) is 16.1. The largest absolute Gasteiger partial charge is 0.458 e. The summed E-state index contributed by atoms with van der Waals surface area (Å²) in [5, 5.41) is 12.0. The topological polar surface area (TPSA) is 113 Å². The number of methoxy groups -OCH3 is 4. The number of fused-ring (bicyclic) bond motifs is 2. The molecule has 5 aliphatic carbocycles. The van der Waals surface area contributed by atoms with E-state index in [1.165, 1.54) is 6.92 Å². The fourth-order valence-corrected chi connectivity index (χ4v) is 12.2. The number of carbonyl (C=O) groups is 2. The number of aliphatic hydroxyl groups excluding tert-OH is 1. The number of aliphatic hydroxyl groups is 1. The predicted molar refractivity (Wildman–Crippen MR) is 158 cm³/mol. The van der Waals surface area contributed by atoms with Crippen molar-refractivity contribution in [3.05, 3.63) is 35.9 Å². The van der Waals surface area contributed by atoms with Crippen LogP contribution < -0.4 is 0 Å². The van der Waals surface area contributed by atoms with Crippen molar-refractivity contribution in [2.75, 3.05) is 48.1 Å². The zero-order chi connectivity index (χ0) is 31.2. The zero-order valence-electron chi connectivity index (χ0n) is 26.6. The van der Waals surface area contributed by atoms with Crippen molar-refractivity contribution in [1.82, 2.24) is 4.90 Å². The van der Waals surface area contributed by atoms with Crippen molar-refractivity contribution in [1.29, 1.82) is 0 Å². The molecule has 44 heavy (non-hydrogen) atoms. The highest BCUT2D eigenvalue weighted by atomic mass is 16.6. The van der Waals surface area contributed by atoms with Gasteiger partial charge in [-0.1, -0.05) is 25.1 Å². The van der Waals surface area contributed by atoms with Crippen LogP contribution in [0.15, 0.2) is 30.3 Å². The minimum absolute atomic E-state index is 0.0367. The molecule has 10 nitrogen and oxygen atoms in total. The van der Waals surface area contributed by atoms with Gasteiger partial charge < -0.3 is 33.5 Å². The number of carbonyl (C=O) groups excluding carboxylic acids is 2. The number of benzene rings is 1. The molecule has 1 aromatic rings. The van der Waals surface area contributed by atoms with Gasteiger partial charge in [0.1, 0.15) is 11.7 Å². The van der Waals surface area contributed by atoms with Crippen LogP contribution in [0.1, 0.15) is 43.5 Å². The van der Waals surface area contributed by atoms with Gasteiger partial charge in [-0.3, -0.25) is 9.69 Å². The second kappa shape index (κ2) is 10.7. The molecule has 1 heterocycles. The Morgan fingerprint density at radius 2 is 1.75 bits per heavy atom. The molecule has 0 aromatic heterocycles. The Bertz CT molecular complexity index is 1280. The Balaban J connectivity index is 1.48. The second-order valence-electron chi connectivity index (χ2n) is 14.1. The zero-order valence-corrected chi connectivity index (χ0v) is 26.6. The van der Waals surface area contributed by atoms with Crippen molar-refractivity contribution in [2.45, 2.75) is 75.3 Å². The first-order chi connectivity index (χ1) is 21.2. The predicted octanol–water partition coefficient (Wildman–Crippen LogP) is 2.56.